The SMILES string of the molecule is O=C(O)CCc1cccc(NC(=O)NCc2ccon2)c1. The van der Waals surface area contributed by atoms with Crippen LogP contribution in [0.5, 0.6) is 0 Å². The first kappa shape index (κ1) is 14.6. The van der Waals surface area contributed by atoms with Crippen LogP contribution in [0.2, 0.25) is 0 Å². The van der Waals surface area contributed by atoms with Crippen molar-refractivity contribution in [3.63, 3.8) is 0 Å². The molecule has 2 rings (SSSR count). The average Bonchev–Trinajstić information content (AvgIpc) is 2.97. The summed E-state index contributed by atoms with van der Waals surface area (Å²) in [6, 6.07) is 8.37. The second-order valence-electron chi connectivity index (χ2n) is 4.39. The Balaban J connectivity index is 1.85. The quantitative estimate of drug-likeness (QED) is 0.754. The lowest BCUT2D eigenvalue weighted by Crippen LogP contribution is -2.28. The van der Waals surface area contributed by atoms with Crippen LogP contribution in [0.15, 0.2) is 41.1 Å². The van der Waals surface area contributed by atoms with Crippen LogP contribution in [0, 0.1) is 0 Å². The normalized spacial score (nSPS) is 10.1. The molecule has 0 spiro atoms. The van der Waals surface area contributed by atoms with E-state index in [0.717, 1.165) is 5.56 Å². The molecule has 1 heterocycles. The molecule has 0 aliphatic carbocycles. The Morgan fingerprint density at radius 2 is 2.14 bits per heavy atom. The van der Waals surface area contributed by atoms with E-state index < -0.39 is 5.97 Å². The molecule has 0 aliphatic heterocycles. The van der Waals surface area contributed by atoms with Gasteiger partial charge in [-0.25, -0.2) is 4.79 Å². The number of nitrogens with one attached hydrogen (secondary N) is 2. The van der Waals surface area contributed by atoms with Crippen LogP contribution in [-0.2, 0) is 17.8 Å². The molecule has 21 heavy (non-hydrogen) atoms. The van der Waals surface area contributed by atoms with Crippen LogP contribution in [0.4, 0.5) is 10.5 Å². The molecule has 1 aromatic heterocycles. The molecule has 0 bridgehead atoms. The number of carboxylic acid groups (broad SMARTS) is 1. The van der Waals surface area contributed by atoms with Gasteiger partial charge in [0, 0.05) is 18.2 Å². The number of carbonyl (C=O) groups is 2. The van der Waals surface area contributed by atoms with E-state index in [0.29, 0.717) is 17.8 Å². The van der Waals surface area contributed by atoms with Crippen molar-refractivity contribution in [2.45, 2.75) is 19.4 Å². The minimum Gasteiger partial charge on any atom is -0.481 e. The molecular weight excluding hydrogens is 274 g/mol. The van der Waals surface area contributed by atoms with Crippen LogP contribution < -0.4 is 10.6 Å². The Bertz CT molecular complexity index is 610. The third-order valence-electron chi connectivity index (χ3n) is 2.73. The Labute approximate surface area is 120 Å². The van der Waals surface area contributed by atoms with Crippen molar-refractivity contribution in [1.29, 1.82) is 0 Å². The van der Waals surface area contributed by atoms with Crippen molar-refractivity contribution in [3.05, 3.63) is 47.9 Å². The number of rotatable bonds is 6. The maximum absolute atomic E-state index is 11.7. The molecule has 0 fully saturated rings. The molecule has 2 aromatic rings. The first-order chi connectivity index (χ1) is 10.1. The molecule has 0 unspecified atom stereocenters. The molecule has 110 valence electrons. The largest absolute Gasteiger partial charge is 0.481 e. The molecule has 0 radical (unpaired) electrons. The predicted molar refractivity (Wildman–Crippen MR) is 74.8 cm³/mol. The summed E-state index contributed by atoms with van der Waals surface area (Å²) in [5, 5.41) is 17.6. The van der Waals surface area contributed by atoms with E-state index in [1.54, 1.807) is 24.3 Å². The fraction of sp³-hybridized carbons (Fsp3) is 0.214. The van der Waals surface area contributed by atoms with Gasteiger partial charge in [-0.05, 0) is 24.1 Å². The standard InChI is InChI=1S/C14H15N3O4/c18-13(19)5-4-10-2-1-3-11(8-10)16-14(20)15-9-12-6-7-21-17-12/h1-3,6-8H,4-5,9H2,(H,18,19)(H2,15,16,20). The van der Waals surface area contributed by atoms with E-state index in [-0.39, 0.29) is 19.0 Å². The number of nitrogens with zero attached hydrogens (tertiary/aromatic N) is 1. The zero-order valence-corrected chi connectivity index (χ0v) is 11.2. The molecule has 0 saturated carbocycles. The second kappa shape index (κ2) is 7.09. The number of amides is 2. The number of aliphatic carboxylic acids is 1. The Kier molecular flexibility index (Phi) is 4.92. The molecule has 7 heteroatoms. The lowest BCUT2D eigenvalue weighted by molar-refractivity contribution is -0.136. The molecule has 0 aliphatic rings. The summed E-state index contributed by atoms with van der Waals surface area (Å²) in [6.07, 6.45) is 1.91. The van der Waals surface area contributed by atoms with Gasteiger partial charge in [-0.1, -0.05) is 17.3 Å². The van der Waals surface area contributed by atoms with Gasteiger partial charge in [-0.15, -0.1) is 0 Å². The van der Waals surface area contributed by atoms with Crippen LogP contribution >= 0.6 is 0 Å². The van der Waals surface area contributed by atoms with E-state index in [2.05, 4.69) is 20.3 Å². The van der Waals surface area contributed by atoms with Gasteiger partial charge in [0.15, 0.2) is 0 Å². The molecule has 2 amide bonds. The number of aryl methyl sites for hydroxylation is 1. The Morgan fingerprint density at radius 1 is 1.29 bits per heavy atom. The summed E-state index contributed by atoms with van der Waals surface area (Å²) in [5.74, 6) is -0.848. The zero-order chi connectivity index (χ0) is 15.1. The lowest BCUT2D eigenvalue weighted by Gasteiger charge is -2.08. The highest BCUT2D eigenvalue weighted by molar-refractivity contribution is 5.89. The van der Waals surface area contributed by atoms with Gasteiger partial charge in [0.2, 0.25) is 0 Å². The van der Waals surface area contributed by atoms with Crippen molar-refractivity contribution in [2.75, 3.05) is 5.32 Å². The van der Waals surface area contributed by atoms with E-state index >= 15 is 0 Å². The van der Waals surface area contributed by atoms with Gasteiger partial charge in [-0.3, -0.25) is 4.79 Å². The molecule has 1 aromatic carbocycles. The highest BCUT2D eigenvalue weighted by Gasteiger charge is 2.05. The number of hydrogen-bond donors (Lipinski definition) is 3. The van der Waals surface area contributed by atoms with Crippen molar-refractivity contribution in [1.82, 2.24) is 10.5 Å². The third-order valence-corrected chi connectivity index (χ3v) is 2.73. The summed E-state index contributed by atoms with van der Waals surface area (Å²) in [4.78, 5) is 22.3. The summed E-state index contributed by atoms with van der Waals surface area (Å²) in [6.45, 7) is 0.265. The van der Waals surface area contributed by atoms with E-state index in [9.17, 15) is 9.59 Å². The van der Waals surface area contributed by atoms with Gasteiger partial charge >= 0.3 is 12.0 Å². The van der Waals surface area contributed by atoms with E-state index in [1.807, 2.05) is 6.07 Å². The highest BCUT2D eigenvalue weighted by atomic mass is 16.5. The van der Waals surface area contributed by atoms with Crippen molar-refractivity contribution in [3.8, 4) is 0 Å². The van der Waals surface area contributed by atoms with Crippen molar-refractivity contribution >= 4 is 17.7 Å². The average molecular weight is 289 g/mol. The first-order valence-corrected chi connectivity index (χ1v) is 6.38. The van der Waals surface area contributed by atoms with Crippen molar-refractivity contribution in [2.24, 2.45) is 0 Å². The smallest absolute Gasteiger partial charge is 0.319 e. The minimum atomic E-state index is -0.848. The van der Waals surface area contributed by atoms with Crippen molar-refractivity contribution < 1.29 is 19.2 Å². The Hall–Kier alpha value is -2.83. The number of anilines is 1. The third kappa shape index (κ3) is 4.98. The van der Waals surface area contributed by atoms with Gasteiger partial charge in [0.1, 0.15) is 12.0 Å². The number of aromatic nitrogens is 1. The van der Waals surface area contributed by atoms with Crippen LogP contribution in [0.1, 0.15) is 17.7 Å². The Morgan fingerprint density at radius 3 is 2.86 bits per heavy atom. The van der Waals surface area contributed by atoms with Crippen LogP contribution in [-0.4, -0.2) is 22.3 Å². The fourth-order valence-electron chi connectivity index (χ4n) is 1.73. The highest BCUT2D eigenvalue weighted by Crippen LogP contribution is 2.12. The molecular formula is C14H15N3O4. The maximum Gasteiger partial charge on any atom is 0.319 e. The first-order valence-electron chi connectivity index (χ1n) is 6.38. The number of carboxylic acids is 1. The van der Waals surface area contributed by atoms with Gasteiger partial charge < -0.3 is 20.3 Å². The number of carbonyl (C=O) groups excluding carboxylic acids is 1. The lowest BCUT2D eigenvalue weighted by atomic mass is 10.1. The summed E-state index contributed by atoms with van der Waals surface area (Å²) in [7, 11) is 0. The number of hydrogen-bond acceptors (Lipinski definition) is 4. The summed E-state index contributed by atoms with van der Waals surface area (Å²) >= 11 is 0. The molecule has 0 saturated heterocycles. The van der Waals surface area contributed by atoms with Gasteiger partial charge in [0.05, 0.1) is 6.54 Å². The molecule has 7 nitrogen and oxygen atoms in total. The van der Waals surface area contributed by atoms with E-state index in [1.165, 1.54) is 6.26 Å². The number of urea groups is 1. The van der Waals surface area contributed by atoms with E-state index in [4.69, 9.17) is 5.11 Å². The van der Waals surface area contributed by atoms with Crippen LogP contribution in [0.25, 0.3) is 0 Å². The monoisotopic (exact) mass is 289 g/mol. The number of benzene rings is 1. The van der Waals surface area contributed by atoms with Gasteiger partial charge in [0.25, 0.3) is 0 Å². The molecule has 0 atom stereocenters. The maximum atomic E-state index is 11.7. The summed E-state index contributed by atoms with van der Waals surface area (Å²) in [5.41, 5.74) is 2.09. The van der Waals surface area contributed by atoms with Gasteiger partial charge in [-0.2, -0.15) is 0 Å². The topological polar surface area (TPSA) is 104 Å². The molecule has 3 N–H and O–H groups in total. The predicted octanol–water partition coefficient (Wildman–Crippen LogP) is 2.01. The zero-order valence-electron chi connectivity index (χ0n) is 11.2. The minimum absolute atomic E-state index is 0.0573. The summed E-state index contributed by atoms with van der Waals surface area (Å²) < 4.78 is 4.66. The second-order valence-corrected chi connectivity index (χ2v) is 4.39. The van der Waals surface area contributed by atoms with Crippen LogP contribution in [0.3, 0.4) is 0 Å². The fourth-order valence-corrected chi connectivity index (χ4v) is 1.73.